The predicted molar refractivity (Wildman–Crippen MR) is 106 cm³/mol. The lowest BCUT2D eigenvalue weighted by Crippen LogP contribution is -2.39. The summed E-state index contributed by atoms with van der Waals surface area (Å²) in [4.78, 5) is 15.0. The number of amides is 1. The summed E-state index contributed by atoms with van der Waals surface area (Å²) in [7, 11) is 2.00. The fraction of sp³-hybridized carbons (Fsp3) is 0.421. The molecule has 2 aromatic carbocycles. The Labute approximate surface area is 158 Å². The molecule has 3 rings (SSSR count). The molecular formula is C19H24BrClN2O. The molecule has 130 valence electrons. The molecule has 0 aliphatic carbocycles. The summed E-state index contributed by atoms with van der Waals surface area (Å²) in [5.74, 6) is 0.903. The van der Waals surface area contributed by atoms with Crippen LogP contribution < -0.4 is 5.32 Å². The molecule has 2 aromatic rings. The molecule has 1 fully saturated rings. The molecule has 1 aliphatic rings. The first-order valence-corrected chi connectivity index (χ1v) is 9.10. The Bertz CT molecular complexity index is 699. The number of nitrogens with one attached hydrogen (secondary N) is 1. The number of piperidine rings is 1. The van der Waals surface area contributed by atoms with Gasteiger partial charge in [0, 0.05) is 23.1 Å². The molecule has 3 nitrogen and oxygen atoms in total. The summed E-state index contributed by atoms with van der Waals surface area (Å²) < 4.78 is 0.962. The molecule has 0 saturated carbocycles. The van der Waals surface area contributed by atoms with Gasteiger partial charge in [0.2, 0.25) is 0 Å². The quantitative estimate of drug-likeness (QED) is 0.804. The number of likely N-dealkylation sites (tertiary alicyclic amines) is 1. The molecule has 0 radical (unpaired) electrons. The highest BCUT2D eigenvalue weighted by molar-refractivity contribution is 9.10. The van der Waals surface area contributed by atoms with E-state index in [9.17, 15) is 4.79 Å². The highest BCUT2D eigenvalue weighted by atomic mass is 79.9. The Hall–Kier alpha value is -1.10. The van der Waals surface area contributed by atoms with Crippen molar-refractivity contribution in [1.29, 1.82) is 0 Å². The third-order valence-electron chi connectivity index (χ3n) is 4.76. The van der Waals surface area contributed by atoms with E-state index in [-0.39, 0.29) is 18.3 Å². The van der Waals surface area contributed by atoms with Crippen LogP contribution in [0.4, 0.5) is 0 Å². The topological polar surface area (TPSA) is 32.3 Å². The van der Waals surface area contributed by atoms with Gasteiger partial charge in [0.05, 0.1) is 0 Å². The van der Waals surface area contributed by atoms with Crippen molar-refractivity contribution in [3.63, 3.8) is 0 Å². The lowest BCUT2D eigenvalue weighted by atomic mass is 9.93. The molecular weight excluding hydrogens is 388 g/mol. The summed E-state index contributed by atoms with van der Waals surface area (Å²) >= 11 is 3.54. The first kappa shape index (κ1) is 19.2. The van der Waals surface area contributed by atoms with E-state index in [2.05, 4.69) is 33.4 Å². The van der Waals surface area contributed by atoms with Crippen LogP contribution in [0.3, 0.4) is 0 Å². The number of carbonyl (C=O) groups is 1. The van der Waals surface area contributed by atoms with Crippen molar-refractivity contribution in [3.8, 4) is 0 Å². The highest BCUT2D eigenvalue weighted by Crippen LogP contribution is 2.27. The molecule has 1 amide bonds. The minimum absolute atomic E-state index is 0. The van der Waals surface area contributed by atoms with Gasteiger partial charge < -0.3 is 10.2 Å². The molecule has 24 heavy (non-hydrogen) atoms. The lowest BCUT2D eigenvalue weighted by Gasteiger charge is -2.32. The number of halogens is 2. The Morgan fingerprint density at radius 2 is 1.96 bits per heavy atom. The molecule has 0 spiro atoms. The van der Waals surface area contributed by atoms with Gasteiger partial charge in [-0.3, -0.25) is 4.79 Å². The van der Waals surface area contributed by atoms with E-state index in [1.165, 1.54) is 6.42 Å². The summed E-state index contributed by atoms with van der Waals surface area (Å²) in [6.07, 6.45) is 3.43. The zero-order chi connectivity index (χ0) is 16.2. The second kappa shape index (κ2) is 8.84. The lowest BCUT2D eigenvalue weighted by molar-refractivity contribution is 0.0689. The zero-order valence-corrected chi connectivity index (χ0v) is 16.3. The van der Waals surface area contributed by atoms with Gasteiger partial charge in [-0.05, 0) is 61.7 Å². The van der Waals surface area contributed by atoms with E-state index in [1.807, 2.05) is 36.2 Å². The molecule has 0 aromatic heterocycles. The maximum absolute atomic E-state index is 13.0. The minimum atomic E-state index is 0. The average molecular weight is 412 g/mol. The third kappa shape index (κ3) is 4.29. The van der Waals surface area contributed by atoms with Crippen LogP contribution in [0.25, 0.3) is 10.8 Å². The summed E-state index contributed by atoms with van der Waals surface area (Å²) in [5.41, 5.74) is 0.809. The van der Waals surface area contributed by atoms with Crippen LogP contribution in [-0.2, 0) is 0 Å². The van der Waals surface area contributed by atoms with Gasteiger partial charge in [-0.2, -0.15) is 0 Å². The van der Waals surface area contributed by atoms with Crippen molar-refractivity contribution in [2.75, 3.05) is 26.7 Å². The molecule has 1 saturated heterocycles. The SMILES string of the molecule is CNCCC1CCN(C(=O)c2cc(Br)cc3ccccc23)CC1.Cl. The van der Waals surface area contributed by atoms with Crippen LogP contribution in [0, 0.1) is 5.92 Å². The van der Waals surface area contributed by atoms with E-state index in [4.69, 9.17) is 0 Å². The Morgan fingerprint density at radius 1 is 1.25 bits per heavy atom. The fourth-order valence-corrected chi connectivity index (χ4v) is 3.87. The Morgan fingerprint density at radius 3 is 2.67 bits per heavy atom. The van der Waals surface area contributed by atoms with Gasteiger partial charge in [0.1, 0.15) is 0 Å². The van der Waals surface area contributed by atoms with Crippen LogP contribution in [0.1, 0.15) is 29.6 Å². The van der Waals surface area contributed by atoms with Crippen molar-refractivity contribution in [1.82, 2.24) is 10.2 Å². The van der Waals surface area contributed by atoms with Gasteiger partial charge in [0.15, 0.2) is 0 Å². The molecule has 0 bridgehead atoms. The van der Waals surface area contributed by atoms with Crippen molar-refractivity contribution < 1.29 is 4.79 Å². The van der Waals surface area contributed by atoms with E-state index in [0.29, 0.717) is 0 Å². The second-order valence-corrected chi connectivity index (χ2v) is 7.22. The third-order valence-corrected chi connectivity index (χ3v) is 5.22. The largest absolute Gasteiger partial charge is 0.339 e. The van der Waals surface area contributed by atoms with Gasteiger partial charge in [-0.15, -0.1) is 12.4 Å². The summed E-state index contributed by atoms with van der Waals surface area (Å²) in [5, 5.41) is 5.36. The van der Waals surface area contributed by atoms with Crippen molar-refractivity contribution in [3.05, 3.63) is 46.4 Å². The standard InChI is InChI=1S/C19H23BrN2O.ClH/c1-21-9-6-14-7-10-22(11-8-14)19(23)18-13-16(20)12-15-4-2-3-5-17(15)18;/h2-5,12-14,21H,6-11H2,1H3;1H. The van der Waals surface area contributed by atoms with Crippen molar-refractivity contribution in [2.45, 2.75) is 19.3 Å². The number of nitrogens with zero attached hydrogens (tertiary/aromatic N) is 1. The highest BCUT2D eigenvalue weighted by Gasteiger charge is 2.24. The van der Waals surface area contributed by atoms with Crippen LogP contribution in [-0.4, -0.2) is 37.5 Å². The van der Waals surface area contributed by atoms with E-state index in [1.54, 1.807) is 0 Å². The number of carbonyl (C=O) groups excluding carboxylic acids is 1. The maximum atomic E-state index is 13.0. The van der Waals surface area contributed by atoms with E-state index in [0.717, 1.165) is 59.2 Å². The van der Waals surface area contributed by atoms with Crippen molar-refractivity contribution in [2.24, 2.45) is 5.92 Å². The first-order chi connectivity index (χ1) is 11.2. The van der Waals surface area contributed by atoms with E-state index >= 15 is 0 Å². The van der Waals surface area contributed by atoms with Gasteiger partial charge in [0.25, 0.3) is 5.91 Å². The number of benzene rings is 2. The predicted octanol–water partition coefficient (Wildman–Crippen LogP) is 4.49. The number of fused-ring (bicyclic) bond motifs is 1. The van der Waals surface area contributed by atoms with Gasteiger partial charge in [-0.25, -0.2) is 0 Å². The summed E-state index contributed by atoms with van der Waals surface area (Å²) in [6, 6.07) is 12.1. The molecule has 0 atom stereocenters. The van der Waals surface area contributed by atoms with Crippen LogP contribution in [0.5, 0.6) is 0 Å². The number of hydrogen-bond donors (Lipinski definition) is 1. The normalized spacial score (nSPS) is 15.3. The van der Waals surface area contributed by atoms with Crippen LogP contribution in [0.15, 0.2) is 40.9 Å². The smallest absolute Gasteiger partial charge is 0.254 e. The summed E-state index contributed by atoms with van der Waals surface area (Å²) in [6.45, 7) is 2.80. The molecule has 1 N–H and O–H groups in total. The first-order valence-electron chi connectivity index (χ1n) is 8.31. The zero-order valence-electron chi connectivity index (χ0n) is 13.9. The molecule has 5 heteroatoms. The second-order valence-electron chi connectivity index (χ2n) is 6.30. The Balaban J connectivity index is 0.00000208. The molecule has 0 unspecified atom stereocenters. The van der Waals surface area contributed by atoms with Crippen LogP contribution in [0.2, 0.25) is 0 Å². The molecule has 1 heterocycles. The van der Waals surface area contributed by atoms with E-state index < -0.39 is 0 Å². The fourth-order valence-electron chi connectivity index (χ4n) is 3.39. The number of rotatable bonds is 4. The van der Waals surface area contributed by atoms with Gasteiger partial charge in [-0.1, -0.05) is 40.2 Å². The minimum Gasteiger partial charge on any atom is -0.339 e. The number of hydrogen-bond acceptors (Lipinski definition) is 2. The van der Waals surface area contributed by atoms with Crippen molar-refractivity contribution >= 4 is 45.0 Å². The maximum Gasteiger partial charge on any atom is 0.254 e. The van der Waals surface area contributed by atoms with Crippen LogP contribution >= 0.6 is 28.3 Å². The van der Waals surface area contributed by atoms with Gasteiger partial charge >= 0.3 is 0 Å². The Kier molecular flexibility index (Phi) is 7.08. The molecule has 1 aliphatic heterocycles. The average Bonchev–Trinajstić information content (AvgIpc) is 2.59. The monoisotopic (exact) mass is 410 g/mol.